The third-order valence-corrected chi connectivity index (χ3v) is 7.12. The number of carbonyl (C=O) groups is 2. The number of nitrogens with zero attached hydrogens (tertiary/aromatic N) is 3. The van der Waals surface area contributed by atoms with Gasteiger partial charge in [-0.2, -0.15) is 0 Å². The highest BCUT2D eigenvalue weighted by Crippen LogP contribution is 2.38. The summed E-state index contributed by atoms with van der Waals surface area (Å²) in [4.78, 5) is 33.7. The van der Waals surface area contributed by atoms with Crippen molar-refractivity contribution in [2.24, 2.45) is 5.92 Å². The lowest BCUT2D eigenvalue weighted by Gasteiger charge is -2.37. The minimum atomic E-state index is -0.286. The van der Waals surface area contributed by atoms with Crippen LogP contribution >= 0.6 is 11.3 Å². The third-order valence-electron chi connectivity index (χ3n) is 6.12. The van der Waals surface area contributed by atoms with Crippen LogP contribution in [0.3, 0.4) is 0 Å². The first-order chi connectivity index (χ1) is 14.0. The summed E-state index contributed by atoms with van der Waals surface area (Å²) in [5.74, 6) is -0.104. The van der Waals surface area contributed by atoms with Crippen LogP contribution in [0.1, 0.15) is 35.4 Å². The van der Waals surface area contributed by atoms with E-state index < -0.39 is 0 Å². The Bertz CT molecular complexity index is 858. The summed E-state index contributed by atoms with van der Waals surface area (Å²) in [5.41, 5.74) is 2.37. The maximum Gasteiger partial charge on any atom is 0.226 e. The van der Waals surface area contributed by atoms with Crippen molar-refractivity contribution >= 4 is 23.2 Å². The normalized spacial score (nSPS) is 21.0. The molecule has 1 fully saturated rings. The van der Waals surface area contributed by atoms with Gasteiger partial charge < -0.3 is 14.7 Å². The Morgan fingerprint density at radius 2 is 1.79 bits per heavy atom. The quantitative estimate of drug-likeness (QED) is 0.777. The fourth-order valence-electron chi connectivity index (χ4n) is 4.38. The molecule has 2 atom stereocenters. The molecule has 2 aliphatic rings. The summed E-state index contributed by atoms with van der Waals surface area (Å²) in [5, 5.41) is 2.12. The Balaban J connectivity index is 1.49. The molecule has 0 aliphatic carbocycles. The van der Waals surface area contributed by atoms with Gasteiger partial charge in [-0.15, -0.1) is 11.3 Å². The van der Waals surface area contributed by atoms with Crippen LogP contribution in [-0.2, 0) is 16.0 Å². The van der Waals surface area contributed by atoms with Gasteiger partial charge in [-0.3, -0.25) is 9.59 Å². The number of thiophene rings is 1. The Hall–Kier alpha value is -2.18. The van der Waals surface area contributed by atoms with Gasteiger partial charge >= 0.3 is 0 Å². The minimum Gasteiger partial charge on any atom is -0.340 e. The topological polar surface area (TPSA) is 43.9 Å². The summed E-state index contributed by atoms with van der Waals surface area (Å²) in [6.07, 6.45) is 1.16. The number of carbonyl (C=O) groups excluding carboxylic acids is 2. The second-order valence-electron chi connectivity index (χ2n) is 8.18. The van der Waals surface area contributed by atoms with Gasteiger partial charge in [-0.25, -0.2) is 0 Å². The molecule has 1 aromatic heterocycles. The Morgan fingerprint density at radius 1 is 1.07 bits per heavy atom. The van der Waals surface area contributed by atoms with Crippen molar-refractivity contribution in [3.8, 4) is 0 Å². The molecule has 1 aromatic carbocycles. The fraction of sp³-hybridized carbons (Fsp3) is 0.478. The molecule has 0 saturated carbocycles. The van der Waals surface area contributed by atoms with Crippen molar-refractivity contribution in [2.75, 3.05) is 39.8 Å². The smallest absolute Gasteiger partial charge is 0.226 e. The average molecular weight is 412 g/mol. The number of piperazine rings is 1. The number of likely N-dealkylation sites (N-methyl/N-ethyl adjacent to an activating group) is 1. The number of rotatable bonds is 4. The average Bonchev–Trinajstić information content (AvgIpc) is 3.22. The molecule has 154 valence electrons. The largest absolute Gasteiger partial charge is 0.340 e. The maximum atomic E-state index is 13.3. The van der Waals surface area contributed by atoms with E-state index in [0.717, 1.165) is 38.2 Å². The SMILES string of the molecule is CC(CC(=O)N1CCc2sccc2C1c1ccccc1)C(=O)N1CCN(C)CC1. The van der Waals surface area contributed by atoms with Crippen LogP contribution in [0.25, 0.3) is 0 Å². The van der Waals surface area contributed by atoms with Crippen LogP contribution in [-0.4, -0.2) is 66.3 Å². The molecule has 3 heterocycles. The van der Waals surface area contributed by atoms with E-state index in [2.05, 4.69) is 35.5 Å². The second kappa shape index (κ2) is 8.67. The van der Waals surface area contributed by atoms with Gasteiger partial charge in [0.25, 0.3) is 0 Å². The number of hydrogen-bond donors (Lipinski definition) is 0. The summed E-state index contributed by atoms with van der Waals surface area (Å²) >= 11 is 1.77. The van der Waals surface area contributed by atoms with Crippen LogP contribution in [0.5, 0.6) is 0 Å². The van der Waals surface area contributed by atoms with E-state index in [1.165, 1.54) is 10.4 Å². The van der Waals surface area contributed by atoms with Crippen LogP contribution in [0.2, 0.25) is 0 Å². The van der Waals surface area contributed by atoms with Crippen molar-refractivity contribution in [1.29, 1.82) is 0 Å². The van der Waals surface area contributed by atoms with Crippen molar-refractivity contribution in [3.63, 3.8) is 0 Å². The first-order valence-electron chi connectivity index (χ1n) is 10.4. The molecular weight excluding hydrogens is 382 g/mol. The Labute approximate surface area is 176 Å². The highest BCUT2D eigenvalue weighted by atomic mass is 32.1. The first kappa shape index (κ1) is 20.1. The predicted octanol–water partition coefficient (Wildman–Crippen LogP) is 3.02. The van der Waals surface area contributed by atoms with E-state index in [0.29, 0.717) is 6.54 Å². The molecule has 2 amide bonds. The van der Waals surface area contributed by atoms with E-state index in [9.17, 15) is 9.59 Å². The zero-order valence-electron chi connectivity index (χ0n) is 17.2. The molecule has 2 aromatic rings. The van der Waals surface area contributed by atoms with Gasteiger partial charge in [-0.05, 0) is 36.0 Å². The molecule has 0 N–H and O–H groups in total. The van der Waals surface area contributed by atoms with E-state index >= 15 is 0 Å². The van der Waals surface area contributed by atoms with Crippen molar-refractivity contribution in [2.45, 2.75) is 25.8 Å². The van der Waals surface area contributed by atoms with Gasteiger partial charge in [0.2, 0.25) is 11.8 Å². The second-order valence-corrected chi connectivity index (χ2v) is 9.18. The molecule has 6 heteroatoms. The van der Waals surface area contributed by atoms with Gasteiger partial charge in [0, 0.05) is 49.9 Å². The lowest BCUT2D eigenvalue weighted by molar-refractivity contribution is -0.142. The molecule has 1 saturated heterocycles. The van der Waals surface area contributed by atoms with E-state index in [1.54, 1.807) is 11.3 Å². The lowest BCUT2D eigenvalue weighted by atomic mass is 9.92. The summed E-state index contributed by atoms with van der Waals surface area (Å²) in [6, 6.07) is 12.3. The molecule has 5 nitrogen and oxygen atoms in total. The molecule has 2 aliphatic heterocycles. The van der Waals surface area contributed by atoms with Gasteiger partial charge in [-0.1, -0.05) is 37.3 Å². The molecule has 0 bridgehead atoms. The van der Waals surface area contributed by atoms with Crippen molar-refractivity contribution in [1.82, 2.24) is 14.7 Å². The number of fused-ring (bicyclic) bond motifs is 1. The monoisotopic (exact) mass is 411 g/mol. The molecule has 2 unspecified atom stereocenters. The molecular formula is C23H29N3O2S. The van der Waals surface area contributed by atoms with Crippen LogP contribution in [0.15, 0.2) is 41.8 Å². The van der Waals surface area contributed by atoms with Gasteiger partial charge in [0.15, 0.2) is 0 Å². The fourth-order valence-corrected chi connectivity index (χ4v) is 5.29. The summed E-state index contributed by atoms with van der Waals surface area (Å²) in [7, 11) is 2.08. The molecule has 0 radical (unpaired) electrons. The maximum absolute atomic E-state index is 13.3. The molecule has 29 heavy (non-hydrogen) atoms. The third kappa shape index (κ3) is 4.23. The standard InChI is InChI=1S/C23H29N3O2S/c1-17(23(28)25-13-11-24(2)12-14-25)16-21(27)26-10-8-20-19(9-15-29-20)22(26)18-6-4-3-5-7-18/h3-7,9,15,17,22H,8,10-14,16H2,1-2H3. The zero-order chi connectivity index (χ0) is 20.4. The van der Waals surface area contributed by atoms with E-state index in [1.807, 2.05) is 34.9 Å². The van der Waals surface area contributed by atoms with Crippen LogP contribution in [0.4, 0.5) is 0 Å². The zero-order valence-corrected chi connectivity index (χ0v) is 18.0. The summed E-state index contributed by atoms with van der Waals surface area (Å²) < 4.78 is 0. The predicted molar refractivity (Wildman–Crippen MR) is 116 cm³/mol. The summed E-state index contributed by atoms with van der Waals surface area (Å²) in [6.45, 7) is 5.91. The van der Waals surface area contributed by atoms with Gasteiger partial charge in [0.1, 0.15) is 0 Å². The number of amides is 2. The van der Waals surface area contributed by atoms with Crippen LogP contribution in [0, 0.1) is 5.92 Å². The lowest BCUT2D eigenvalue weighted by Crippen LogP contribution is -2.49. The van der Waals surface area contributed by atoms with Crippen molar-refractivity contribution < 1.29 is 9.59 Å². The Morgan fingerprint density at radius 3 is 2.52 bits per heavy atom. The first-order valence-corrected chi connectivity index (χ1v) is 11.3. The Kier molecular flexibility index (Phi) is 6.01. The van der Waals surface area contributed by atoms with Crippen LogP contribution < -0.4 is 0 Å². The molecule has 0 spiro atoms. The highest BCUT2D eigenvalue weighted by molar-refractivity contribution is 7.10. The number of hydrogen-bond acceptors (Lipinski definition) is 4. The molecule has 4 rings (SSSR count). The van der Waals surface area contributed by atoms with Gasteiger partial charge in [0.05, 0.1) is 6.04 Å². The van der Waals surface area contributed by atoms with Crippen molar-refractivity contribution in [3.05, 3.63) is 57.8 Å². The van der Waals surface area contributed by atoms with E-state index in [-0.39, 0.29) is 30.2 Å². The van der Waals surface area contributed by atoms with E-state index in [4.69, 9.17) is 0 Å². The minimum absolute atomic E-state index is 0.0513. The number of benzene rings is 1. The highest BCUT2D eigenvalue weighted by Gasteiger charge is 2.34.